The summed E-state index contributed by atoms with van der Waals surface area (Å²) in [6.45, 7) is 1.88. The molecule has 0 spiro atoms. The van der Waals surface area contributed by atoms with Crippen molar-refractivity contribution in [1.82, 2.24) is 4.98 Å². The molecular formula is C28H24N4O2. The normalized spacial score (nSPS) is 10.4. The van der Waals surface area contributed by atoms with Crippen molar-refractivity contribution in [2.24, 2.45) is 0 Å². The standard InChI is InChI=1S/C28H24N4O2/c1-19-8-5-6-11-23(19)28(34)31-25-15-14-21(17-22(25)18-29)24-12-7-13-26(30-24)32-27(33)16-20-9-3-2-4-10-20/h2-15,17-18,29H,16H2,1H3,(H,31,34)(H,30,32,33). The number of pyridine rings is 1. The Bertz CT molecular complexity index is 1350. The van der Waals surface area contributed by atoms with Gasteiger partial charge in [-0.3, -0.25) is 9.59 Å². The Balaban J connectivity index is 1.51. The lowest BCUT2D eigenvalue weighted by Crippen LogP contribution is -2.15. The zero-order valence-electron chi connectivity index (χ0n) is 18.7. The SMILES string of the molecule is Cc1ccccc1C(=O)Nc1ccc(-c2cccc(NC(=O)Cc3ccccc3)n2)cc1C=N. The molecule has 4 aromatic rings. The largest absolute Gasteiger partial charge is 0.321 e. The van der Waals surface area contributed by atoms with Crippen molar-refractivity contribution in [3.8, 4) is 11.3 Å². The molecule has 0 atom stereocenters. The molecule has 0 fully saturated rings. The van der Waals surface area contributed by atoms with Crippen LogP contribution in [0.4, 0.5) is 11.5 Å². The topological polar surface area (TPSA) is 94.9 Å². The third-order valence-corrected chi connectivity index (χ3v) is 5.36. The summed E-state index contributed by atoms with van der Waals surface area (Å²) in [4.78, 5) is 29.7. The number of carbonyl (C=O) groups is 2. The van der Waals surface area contributed by atoms with Gasteiger partial charge in [0, 0.05) is 28.6 Å². The zero-order chi connectivity index (χ0) is 23.9. The van der Waals surface area contributed by atoms with Gasteiger partial charge < -0.3 is 16.0 Å². The van der Waals surface area contributed by atoms with Crippen molar-refractivity contribution >= 4 is 29.5 Å². The molecule has 2 amide bonds. The van der Waals surface area contributed by atoms with Crippen molar-refractivity contribution in [2.75, 3.05) is 10.6 Å². The summed E-state index contributed by atoms with van der Waals surface area (Å²) in [5.41, 5.74) is 4.91. The second kappa shape index (κ2) is 10.4. The number of nitrogens with zero attached hydrogens (tertiary/aromatic N) is 1. The van der Waals surface area contributed by atoms with Crippen LogP contribution in [-0.2, 0) is 11.2 Å². The van der Waals surface area contributed by atoms with Crippen LogP contribution in [0, 0.1) is 12.3 Å². The summed E-state index contributed by atoms with van der Waals surface area (Å²) in [5.74, 6) is 0.0762. The highest BCUT2D eigenvalue weighted by atomic mass is 16.2. The highest BCUT2D eigenvalue weighted by Crippen LogP contribution is 2.25. The second-order valence-corrected chi connectivity index (χ2v) is 7.83. The molecule has 1 heterocycles. The first kappa shape index (κ1) is 22.6. The van der Waals surface area contributed by atoms with E-state index < -0.39 is 0 Å². The molecule has 0 aliphatic carbocycles. The Labute approximate surface area is 198 Å². The molecule has 3 aromatic carbocycles. The van der Waals surface area contributed by atoms with E-state index in [1.165, 1.54) is 6.21 Å². The lowest BCUT2D eigenvalue weighted by Gasteiger charge is -2.12. The number of aromatic nitrogens is 1. The number of hydrogen-bond acceptors (Lipinski definition) is 4. The Morgan fingerprint density at radius 1 is 0.882 bits per heavy atom. The fourth-order valence-corrected chi connectivity index (χ4v) is 3.61. The number of benzene rings is 3. The van der Waals surface area contributed by atoms with E-state index >= 15 is 0 Å². The highest BCUT2D eigenvalue weighted by molar-refractivity contribution is 6.07. The minimum atomic E-state index is -0.227. The molecule has 0 saturated carbocycles. The minimum absolute atomic E-state index is 0.148. The van der Waals surface area contributed by atoms with Gasteiger partial charge in [0.05, 0.1) is 12.1 Å². The smallest absolute Gasteiger partial charge is 0.255 e. The molecule has 1 aromatic heterocycles. The molecule has 6 heteroatoms. The monoisotopic (exact) mass is 448 g/mol. The first-order chi connectivity index (χ1) is 16.5. The van der Waals surface area contributed by atoms with Gasteiger partial charge in [-0.15, -0.1) is 0 Å². The predicted octanol–water partition coefficient (Wildman–Crippen LogP) is 5.49. The van der Waals surface area contributed by atoms with Crippen LogP contribution < -0.4 is 10.6 Å². The van der Waals surface area contributed by atoms with Crippen molar-refractivity contribution < 1.29 is 9.59 Å². The van der Waals surface area contributed by atoms with E-state index in [9.17, 15) is 9.59 Å². The molecule has 168 valence electrons. The van der Waals surface area contributed by atoms with Gasteiger partial charge in [0.2, 0.25) is 5.91 Å². The van der Waals surface area contributed by atoms with E-state index in [-0.39, 0.29) is 18.2 Å². The molecule has 4 rings (SSSR count). The predicted molar refractivity (Wildman–Crippen MR) is 135 cm³/mol. The Hall–Kier alpha value is -4.58. The lowest BCUT2D eigenvalue weighted by molar-refractivity contribution is -0.115. The number of carbonyl (C=O) groups excluding carboxylic acids is 2. The van der Waals surface area contributed by atoms with E-state index in [1.54, 1.807) is 24.3 Å². The van der Waals surface area contributed by atoms with Crippen LogP contribution in [0.2, 0.25) is 0 Å². The van der Waals surface area contributed by atoms with Crippen molar-refractivity contribution in [2.45, 2.75) is 13.3 Å². The number of amides is 2. The van der Waals surface area contributed by atoms with Gasteiger partial charge in [0.25, 0.3) is 5.91 Å². The van der Waals surface area contributed by atoms with E-state index in [2.05, 4.69) is 15.6 Å². The summed E-state index contributed by atoms with van der Waals surface area (Å²) >= 11 is 0. The number of hydrogen-bond donors (Lipinski definition) is 3. The fourth-order valence-electron chi connectivity index (χ4n) is 3.61. The molecule has 0 aliphatic heterocycles. The number of nitrogens with one attached hydrogen (secondary N) is 3. The van der Waals surface area contributed by atoms with Crippen LogP contribution in [-0.4, -0.2) is 23.0 Å². The number of anilines is 2. The van der Waals surface area contributed by atoms with Gasteiger partial charge in [-0.05, 0) is 48.4 Å². The summed E-state index contributed by atoms with van der Waals surface area (Å²) in [7, 11) is 0. The molecule has 0 unspecified atom stereocenters. The maximum Gasteiger partial charge on any atom is 0.255 e. The Kier molecular flexibility index (Phi) is 6.89. The van der Waals surface area contributed by atoms with Gasteiger partial charge in [-0.2, -0.15) is 0 Å². The van der Waals surface area contributed by atoms with E-state index in [4.69, 9.17) is 5.41 Å². The highest BCUT2D eigenvalue weighted by Gasteiger charge is 2.12. The molecule has 0 bridgehead atoms. The van der Waals surface area contributed by atoms with E-state index in [0.717, 1.165) is 16.7 Å². The lowest BCUT2D eigenvalue weighted by atomic mass is 10.0. The minimum Gasteiger partial charge on any atom is -0.321 e. The van der Waals surface area contributed by atoms with Crippen LogP contribution in [0.3, 0.4) is 0 Å². The number of aryl methyl sites for hydroxylation is 1. The van der Waals surface area contributed by atoms with Crippen LogP contribution in [0.1, 0.15) is 27.0 Å². The molecule has 3 N–H and O–H groups in total. The van der Waals surface area contributed by atoms with Gasteiger partial charge in [-0.25, -0.2) is 4.98 Å². The Morgan fingerprint density at radius 2 is 1.65 bits per heavy atom. The van der Waals surface area contributed by atoms with Crippen LogP contribution in [0.5, 0.6) is 0 Å². The van der Waals surface area contributed by atoms with Gasteiger partial charge in [0.1, 0.15) is 5.82 Å². The van der Waals surface area contributed by atoms with Crippen LogP contribution in [0.15, 0.2) is 91.0 Å². The summed E-state index contributed by atoms with van der Waals surface area (Å²) in [6, 6.07) is 27.6. The summed E-state index contributed by atoms with van der Waals surface area (Å²) < 4.78 is 0. The van der Waals surface area contributed by atoms with Crippen LogP contribution in [0.25, 0.3) is 11.3 Å². The third-order valence-electron chi connectivity index (χ3n) is 5.36. The first-order valence-electron chi connectivity index (χ1n) is 10.9. The molecule has 0 radical (unpaired) electrons. The molecular weight excluding hydrogens is 424 g/mol. The quantitative estimate of drug-likeness (QED) is 0.326. The van der Waals surface area contributed by atoms with E-state index in [0.29, 0.717) is 28.3 Å². The first-order valence-corrected chi connectivity index (χ1v) is 10.9. The van der Waals surface area contributed by atoms with Crippen LogP contribution >= 0.6 is 0 Å². The molecule has 0 saturated heterocycles. The van der Waals surface area contributed by atoms with Crippen molar-refractivity contribution in [3.63, 3.8) is 0 Å². The molecule has 34 heavy (non-hydrogen) atoms. The molecule has 0 aliphatic rings. The van der Waals surface area contributed by atoms with Crippen molar-refractivity contribution in [3.05, 3.63) is 113 Å². The van der Waals surface area contributed by atoms with E-state index in [1.807, 2.05) is 73.7 Å². The van der Waals surface area contributed by atoms with Gasteiger partial charge >= 0.3 is 0 Å². The summed E-state index contributed by atoms with van der Waals surface area (Å²) in [6.07, 6.45) is 1.46. The maximum atomic E-state index is 12.7. The van der Waals surface area contributed by atoms with Gasteiger partial charge in [0.15, 0.2) is 0 Å². The van der Waals surface area contributed by atoms with Crippen molar-refractivity contribution in [1.29, 1.82) is 5.41 Å². The van der Waals surface area contributed by atoms with Gasteiger partial charge in [-0.1, -0.05) is 60.7 Å². The number of rotatable bonds is 7. The fraction of sp³-hybridized carbons (Fsp3) is 0.0714. The second-order valence-electron chi connectivity index (χ2n) is 7.83. The Morgan fingerprint density at radius 3 is 2.41 bits per heavy atom. The average molecular weight is 449 g/mol. The molecule has 6 nitrogen and oxygen atoms in total. The third kappa shape index (κ3) is 5.42. The maximum absolute atomic E-state index is 12.7. The average Bonchev–Trinajstić information content (AvgIpc) is 2.85. The zero-order valence-corrected chi connectivity index (χ0v) is 18.7. The summed E-state index contributed by atoms with van der Waals surface area (Å²) in [5, 5.41) is 13.6.